The lowest BCUT2D eigenvalue weighted by Crippen LogP contribution is -2.49. The van der Waals surface area contributed by atoms with Gasteiger partial charge in [0.25, 0.3) is 17.3 Å². The van der Waals surface area contributed by atoms with E-state index in [0.717, 1.165) is 35.2 Å². The molecule has 4 rings (SSSR count). The quantitative estimate of drug-likeness (QED) is 0.397. The first kappa shape index (κ1) is 22.6. The molecule has 0 unspecified atom stereocenters. The molecule has 0 saturated carbocycles. The van der Waals surface area contributed by atoms with Crippen molar-refractivity contribution in [2.45, 2.75) is 0 Å². The maximum Gasteiger partial charge on any atom is 0.277 e. The zero-order valence-corrected chi connectivity index (χ0v) is 18.2. The topological polar surface area (TPSA) is 145 Å². The largest absolute Gasteiger partial charge is 0.497 e. The highest BCUT2D eigenvalue weighted by Gasteiger charge is 2.26. The Morgan fingerprint density at radius 1 is 0.912 bits per heavy atom. The fraction of sp³-hybridized carbons (Fsp3) is 0.227. The van der Waals surface area contributed by atoms with Crippen LogP contribution in [0.4, 0.5) is 17.2 Å². The lowest BCUT2D eigenvalue weighted by molar-refractivity contribution is -0.394. The first-order valence-electron chi connectivity index (χ1n) is 10.3. The van der Waals surface area contributed by atoms with Crippen LogP contribution in [0.1, 0.15) is 10.4 Å². The van der Waals surface area contributed by atoms with Gasteiger partial charge in [0, 0.05) is 49.9 Å². The van der Waals surface area contributed by atoms with Gasteiger partial charge in [0.1, 0.15) is 17.9 Å². The Kier molecular flexibility index (Phi) is 6.30. The van der Waals surface area contributed by atoms with Crippen LogP contribution < -0.4 is 9.64 Å². The van der Waals surface area contributed by atoms with Crippen LogP contribution in [0.5, 0.6) is 5.75 Å². The Labute approximate surface area is 193 Å². The second-order valence-electron chi connectivity index (χ2n) is 7.52. The summed E-state index contributed by atoms with van der Waals surface area (Å²) in [5, 5.41) is 22.2. The number of carbonyl (C=O) groups excluding carboxylic acids is 1. The van der Waals surface area contributed by atoms with E-state index in [1.54, 1.807) is 7.11 Å². The van der Waals surface area contributed by atoms with Crippen LogP contribution in [-0.2, 0) is 0 Å². The number of carbonyl (C=O) groups is 1. The Balaban J connectivity index is 1.47. The van der Waals surface area contributed by atoms with Crippen LogP contribution in [0, 0.1) is 20.2 Å². The average Bonchev–Trinajstić information content (AvgIpc) is 2.88. The standard InChI is InChI=1S/C22H20N6O6/c1-34-19-4-2-15(3-5-19)20-13-21(24-14-23-20)25-6-8-26(9-7-25)22(29)16-10-17(27(30)31)12-18(11-16)28(32)33/h2-5,10-14H,6-9H2,1H3. The summed E-state index contributed by atoms with van der Waals surface area (Å²) >= 11 is 0. The number of amides is 1. The molecule has 0 radical (unpaired) electrons. The minimum absolute atomic E-state index is 0.0850. The van der Waals surface area contributed by atoms with Crippen LogP contribution in [0.15, 0.2) is 54.9 Å². The van der Waals surface area contributed by atoms with Gasteiger partial charge in [-0.05, 0) is 24.3 Å². The summed E-state index contributed by atoms with van der Waals surface area (Å²) in [6.45, 7) is 1.61. The number of rotatable bonds is 6. The van der Waals surface area contributed by atoms with Gasteiger partial charge in [0.2, 0.25) is 0 Å². The molecule has 2 heterocycles. The van der Waals surface area contributed by atoms with Gasteiger partial charge in [0.05, 0.1) is 34.3 Å². The van der Waals surface area contributed by atoms with E-state index in [0.29, 0.717) is 32.0 Å². The molecule has 1 amide bonds. The van der Waals surface area contributed by atoms with Crippen LogP contribution in [0.3, 0.4) is 0 Å². The number of non-ortho nitro benzene ring substituents is 2. The fourth-order valence-electron chi connectivity index (χ4n) is 3.69. The van der Waals surface area contributed by atoms with Crippen molar-refractivity contribution in [2.75, 3.05) is 38.2 Å². The van der Waals surface area contributed by atoms with Crippen molar-refractivity contribution in [3.8, 4) is 17.0 Å². The average molecular weight is 464 g/mol. The van der Waals surface area contributed by atoms with E-state index < -0.39 is 27.1 Å². The molecule has 1 aromatic heterocycles. The van der Waals surface area contributed by atoms with Gasteiger partial charge < -0.3 is 14.5 Å². The third-order valence-corrected chi connectivity index (χ3v) is 5.50. The Hall–Kier alpha value is -4.61. The van der Waals surface area contributed by atoms with E-state index in [4.69, 9.17) is 4.74 Å². The summed E-state index contributed by atoms with van der Waals surface area (Å²) in [6, 6.07) is 12.3. The van der Waals surface area contributed by atoms with Gasteiger partial charge in [0.15, 0.2) is 0 Å². The van der Waals surface area contributed by atoms with E-state index in [2.05, 4.69) is 9.97 Å². The number of hydrogen-bond donors (Lipinski definition) is 0. The maximum absolute atomic E-state index is 12.9. The van der Waals surface area contributed by atoms with Crippen LogP contribution in [-0.4, -0.2) is 63.9 Å². The van der Waals surface area contributed by atoms with E-state index in [9.17, 15) is 25.0 Å². The molecule has 34 heavy (non-hydrogen) atoms. The van der Waals surface area contributed by atoms with Gasteiger partial charge >= 0.3 is 0 Å². The van der Waals surface area contributed by atoms with Gasteiger partial charge in [-0.25, -0.2) is 9.97 Å². The lowest BCUT2D eigenvalue weighted by Gasteiger charge is -2.35. The molecule has 3 aromatic rings. The summed E-state index contributed by atoms with van der Waals surface area (Å²) in [7, 11) is 1.60. The van der Waals surface area contributed by atoms with Crippen molar-refractivity contribution in [1.29, 1.82) is 0 Å². The molecule has 1 saturated heterocycles. The van der Waals surface area contributed by atoms with E-state index in [1.807, 2.05) is 35.2 Å². The third kappa shape index (κ3) is 4.75. The Morgan fingerprint density at radius 2 is 1.53 bits per heavy atom. The zero-order valence-electron chi connectivity index (χ0n) is 18.2. The molecule has 0 N–H and O–H groups in total. The van der Waals surface area contributed by atoms with Crippen LogP contribution in [0.25, 0.3) is 11.3 Å². The number of methoxy groups -OCH3 is 1. The molecular formula is C22H20N6O6. The van der Waals surface area contributed by atoms with E-state index in [-0.39, 0.29) is 5.56 Å². The smallest absolute Gasteiger partial charge is 0.277 e. The molecule has 0 atom stereocenters. The lowest BCUT2D eigenvalue weighted by atomic mass is 10.1. The SMILES string of the molecule is COc1ccc(-c2cc(N3CCN(C(=O)c4cc([N+](=O)[O-])cc([N+](=O)[O-])c4)CC3)ncn2)cc1. The number of ether oxygens (including phenoxy) is 1. The van der Waals surface area contributed by atoms with Crippen LogP contribution in [0.2, 0.25) is 0 Å². The van der Waals surface area contributed by atoms with Gasteiger partial charge in [-0.1, -0.05) is 0 Å². The molecule has 12 heteroatoms. The molecule has 0 aliphatic carbocycles. The minimum Gasteiger partial charge on any atom is -0.497 e. The third-order valence-electron chi connectivity index (χ3n) is 5.50. The molecular weight excluding hydrogens is 444 g/mol. The number of anilines is 1. The predicted octanol–water partition coefficient (Wildman–Crippen LogP) is 2.93. The summed E-state index contributed by atoms with van der Waals surface area (Å²) in [4.78, 5) is 45.9. The second-order valence-corrected chi connectivity index (χ2v) is 7.52. The molecule has 174 valence electrons. The summed E-state index contributed by atoms with van der Waals surface area (Å²) < 4.78 is 5.18. The number of piperazine rings is 1. The molecule has 1 aliphatic rings. The summed E-state index contributed by atoms with van der Waals surface area (Å²) in [5.41, 5.74) is 0.574. The van der Waals surface area contributed by atoms with Crippen molar-refractivity contribution in [3.63, 3.8) is 0 Å². The molecule has 0 spiro atoms. The van der Waals surface area contributed by atoms with E-state index >= 15 is 0 Å². The second kappa shape index (κ2) is 9.48. The van der Waals surface area contributed by atoms with Gasteiger partial charge in [-0.2, -0.15) is 0 Å². The van der Waals surface area contributed by atoms with Gasteiger partial charge in [-0.15, -0.1) is 0 Å². The zero-order chi connectivity index (χ0) is 24.2. The highest BCUT2D eigenvalue weighted by molar-refractivity contribution is 5.95. The van der Waals surface area contributed by atoms with Crippen molar-refractivity contribution < 1.29 is 19.4 Å². The van der Waals surface area contributed by atoms with Crippen LogP contribution >= 0.6 is 0 Å². The molecule has 1 fully saturated rings. The predicted molar refractivity (Wildman–Crippen MR) is 122 cm³/mol. The molecule has 12 nitrogen and oxygen atoms in total. The number of nitrogens with zero attached hydrogens (tertiary/aromatic N) is 6. The summed E-state index contributed by atoms with van der Waals surface area (Å²) in [6.07, 6.45) is 1.48. The Bertz CT molecular complexity index is 1210. The van der Waals surface area contributed by atoms with Gasteiger partial charge in [-0.3, -0.25) is 25.0 Å². The fourth-order valence-corrected chi connectivity index (χ4v) is 3.69. The van der Waals surface area contributed by atoms with Crippen molar-refractivity contribution in [3.05, 3.63) is 80.7 Å². The Morgan fingerprint density at radius 3 is 2.09 bits per heavy atom. The monoisotopic (exact) mass is 464 g/mol. The first-order chi connectivity index (χ1) is 16.4. The van der Waals surface area contributed by atoms with E-state index in [1.165, 1.54) is 11.2 Å². The molecule has 2 aromatic carbocycles. The maximum atomic E-state index is 12.9. The highest BCUT2D eigenvalue weighted by atomic mass is 16.6. The first-order valence-corrected chi connectivity index (χ1v) is 10.3. The van der Waals surface area contributed by atoms with Crippen molar-refractivity contribution in [1.82, 2.24) is 14.9 Å². The molecule has 1 aliphatic heterocycles. The highest BCUT2D eigenvalue weighted by Crippen LogP contribution is 2.26. The number of hydrogen-bond acceptors (Lipinski definition) is 9. The number of nitro benzene ring substituents is 2. The summed E-state index contributed by atoms with van der Waals surface area (Å²) in [5.74, 6) is 0.958. The number of benzene rings is 2. The molecule has 0 bridgehead atoms. The van der Waals surface area contributed by atoms with Crippen molar-refractivity contribution in [2.24, 2.45) is 0 Å². The number of aromatic nitrogens is 2. The van der Waals surface area contributed by atoms with Crippen molar-refractivity contribution >= 4 is 23.1 Å². The minimum atomic E-state index is -0.753. The number of nitro groups is 2. The normalized spacial score (nSPS) is 13.4.